The smallest absolute Gasteiger partial charge is 0.254 e. The summed E-state index contributed by atoms with van der Waals surface area (Å²) in [6.07, 6.45) is 2.11. The number of methoxy groups -OCH3 is 2. The molecule has 0 radical (unpaired) electrons. The Kier molecular flexibility index (Phi) is 5.03. The van der Waals surface area contributed by atoms with E-state index in [9.17, 15) is 4.79 Å². The number of carbonyl (C=O) groups excluding carboxylic acids is 1. The number of hydrogen-bond acceptors (Lipinski definition) is 4. The summed E-state index contributed by atoms with van der Waals surface area (Å²) in [6.45, 7) is 3.62. The van der Waals surface area contributed by atoms with Gasteiger partial charge in [-0.2, -0.15) is 0 Å². The Balaban J connectivity index is 1.45. The van der Waals surface area contributed by atoms with Crippen molar-refractivity contribution in [1.29, 1.82) is 0 Å². The molecular weight excluding hydrogens is 340 g/mol. The van der Waals surface area contributed by atoms with E-state index < -0.39 is 0 Å². The maximum Gasteiger partial charge on any atom is 0.254 e. The van der Waals surface area contributed by atoms with Crippen molar-refractivity contribution in [2.24, 2.45) is 0 Å². The van der Waals surface area contributed by atoms with Crippen molar-refractivity contribution in [2.45, 2.75) is 25.4 Å². The second kappa shape index (κ2) is 7.61. The molecule has 2 heterocycles. The van der Waals surface area contributed by atoms with Gasteiger partial charge in [-0.25, -0.2) is 0 Å². The van der Waals surface area contributed by atoms with Gasteiger partial charge in [-0.05, 0) is 36.1 Å². The predicted molar refractivity (Wildman–Crippen MR) is 104 cm³/mol. The Hall–Kier alpha value is -2.53. The molecule has 2 aliphatic rings. The van der Waals surface area contributed by atoms with Crippen LogP contribution in [-0.2, 0) is 13.0 Å². The highest BCUT2D eigenvalue weighted by atomic mass is 16.5. The van der Waals surface area contributed by atoms with Crippen LogP contribution in [0.2, 0.25) is 0 Å². The Morgan fingerprint density at radius 1 is 1.00 bits per heavy atom. The number of nitrogens with zero attached hydrogens (tertiary/aromatic N) is 2. The molecule has 0 saturated carbocycles. The summed E-state index contributed by atoms with van der Waals surface area (Å²) in [4.78, 5) is 17.5. The molecule has 0 N–H and O–H groups in total. The summed E-state index contributed by atoms with van der Waals surface area (Å²) >= 11 is 0. The molecule has 0 aliphatic carbocycles. The highest BCUT2D eigenvalue weighted by molar-refractivity contribution is 5.95. The van der Waals surface area contributed by atoms with Crippen LogP contribution in [0.25, 0.3) is 0 Å². The average molecular weight is 366 g/mol. The van der Waals surface area contributed by atoms with Crippen LogP contribution < -0.4 is 9.47 Å². The van der Waals surface area contributed by atoms with Crippen molar-refractivity contribution in [3.63, 3.8) is 0 Å². The summed E-state index contributed by atoms with van der Waals surface area (Å²) in [5.74, 6) is 1.33. The molecule has 0 spiro atoms. The number of benzene rings is 2. The molecule has 0 bridgehead atoms. The molecule has 2 aliphatic heterocycles. The van der Waals surface area contributed by atoms with E-state index in [0.29, 0.717) is 23.1 Å². The first-order valence-corrected chi connectivity index (χ1v) is 9.51. The minimum absolute atomic E-state index is 0.0482. The fourth-order valence-electron chi connectivity index (χ4n) is 4.17. The second-order valence-corrected chi connectivity index (χ2v) is 7.28. The van der Waals surface area contributed by atoms with Gasteiger partial charge >= 0.3 is 0 Å². The van der Waals surface area contributed by atoms with Crippen LogP contribution in [0.3, 0.4) is 0 Å². The molecule has 1 atom stereocenters. The van der Waals surface area contributed by atoms with Crippen molar-refractivity contribution < 1.29 is 14.3 Å². The summed E-state index contributed by atoms with van der Waals surface area (Å²) in [7, 11) is 3.20. The molecular formula is C22H26N2O3. The average Bonchev–Trinajstić information content (AvgIpc) is 3.22. The van der Waals surface area contributed by atoms with E-state index in [1.54, 1.807) is 32.4 Å². The van der Waals surface area contributed by atoms with Crippen molar-refractivity contribution >= 4 is 5.91 Å². The van der Waals surface area contributed by atoms with Gasteiger partial charge in [0.15, 0.2) is 0 Å². The first-order chi connectivity index (χ1) is 13.2. The van der Waals surface area contributed by atoms with E-state index in [1.165, 1.54) is 11.1 Å². The van der Waals surface area contributed by atoms with Crippen molar-refractivity contribution in [1.82, 2.24) is 9.80 Å². The number of ether oxygens (including phenoxy) is 2. The van der Waals surface area contributed by atoms with Crippen molar-refractivity contribution in [3.05, 3.63) is 59.2 Å². The third-order valence-corrected chi connectivity index (χ3v) is 5.73. The van der Waals surface area contributed by atoms with Gasteiger partial charge in [0, 0.05) is 43.9 Å². The summed E-state index contributed by atoms with van der Waals surface area (Å²) in [5, 5.41) is 0. The molecule has 1 saturated heterocycles. The van der Waals surface area contributed by atoms with Gasteiger partial charge in [0.1, 0.15) is 11.5 Å². The van der Waals surface area contributed by atoms with Gasteiger partial charge in [0.25, 0.3) is 5.91 Å². The quantitative estimate of drug-likeness (QED) is 0.834. The zero-order valence-electron chi connectivity index (χ0n) is 16.0. The highest BCUT2D eigenvalue weighted by Crippen LogP contribution is 2.27. The Morgan fingerprint density at radius 3 is 2.41 bits per heavy atom. The lowest BCUT2D eigenvalue weighted by Crippen LogP contribution is -2.41. The topological polar surface area (TPSA) is 42.0 Å². The van der Waals surface area contributed by atoms with Crippen LogP contribution in [-0.4, -0.2) is 55.6 Å². The van der Waals surface area contributed by atoms with E-state index in [1.807, 2.05) is 4.90 Å². The van der Waals surface area contributed by atoms with E-state index in [0.717, 1.165) is 39.0 Å². The lowest BCUT2D eigenvalue weighted by atomic mass is 9.98. The first kappa shape index (κ1) is 17.9. The van der Waals surface area contributed by atoms with Gasteiger partial charge in [-0.1, -0.05) is 24.3 Å². The fraction of sp³-hybridized carbons (Fsp3) is 0.409. The number of amides is 1. The molecule has 5 nitrogen and oxygen atoms in total. The molecule has 1 amide bonds. The number of likely N-dealkylation sites (tertiary alicyclic amines) is 1. The molecule has 0 unspecified atom stereocenters. The third kappa shape index (κ3) is 3.65. The van der Waals surface area contributed by atoms with Crippen LogP contribution in [0, 0.1) is 0 Å². The molecule has 4 rings (SSSR count). The predicted octanol–water partition coefficient (Wildman–Crippen LogP) is 2.98. The second-order valence-electron chi connectivity index (χ2n) is 7.28. The van der Waals surface area contributed by atoms with Crippen LogP contribution in [0.15, 0.2) is 42.5 Å². The zero-order chi connectivity index (χ0) is 18.8. The van der Waals surface area contributed by atoms with E-state index in [-0.39, 0.29) is 5.91 Å². The number of rotatable bonds is 4. The molecule has 142 valence electrons. The minimum Gasteiger partial charge on any atom is -0.497 e. The molecule has 2 aromatic carbocycles. The Bertz CT molecular complexity index is 814. The van der Waals surface area contributed by atoms with Gasteiger partial charge in [0.2, 0.25) is 0 Å². The fourth-order valence-corrected chi connectivity index (χ4v) is 4.17. The lowest BCUT2D eigenvalue weighted by molar-refractivity contribution is 0.0772. The molecule has 5 heteroatoms. The van der Waals surface area contributed by atoms with Gasteiger partial charge < -0.3 is 14.4 Å². The molecule has 1 fully saturated rings. The molecule has 2 aromatic rings. The summed E-state index contributed by atoms with van der Waals surface area (Å²) < 4.78 is 10.6. The number of fused-ring (bicyclic) bond motifs is 1. The normalized spacial score (nSPS) is 19.6. The van der Waals surface area contributed by atoms with E-state index in [2.05, 4.69) is 29.2 Å². The van der Waals surface area contributed by atoms with Gasteiger partial charge in [-0.3, -0.25) is 9.69 Å². The van der Waals surface area contributed by atoms with Crippen LogP contribution >= 0.6 is 0 Å². The maximum absolute atomic E-state index is 13.0. The van der Waals surface area contributed by atoms with Crippen LogP contribution in [0.1, 0.15) is 27.9 Å². The largest absolute Gasteiger partial charge is 0.497 e. The Labute approximate surface area is 160 Å². The summed E-state index contributed by atoms with van der Waals surface area (Å²) in [6, 6.07) is 14.5. The number of carbonyl (C=O) groups is 1. The standard InChI is InChI=1S/C22H26N2O3/c1-26-20-11-18(12-21(13-20)27-2)22(25)24-10-8-19(15-24)23-9-7-16-5-3-4-6-17(16)14-23/h3-6,11-13,19H,7-10,14-15H2,1-2H3/t19-/m1/s1. The minimum atomic E-state index is 0.0482. The summed E-state index contributed by atoms with van der Waals surface area (Å²) in [5.41, 5.74) is 3.50. The van der Waals surface area contributed by atoms with Crippen LogP contribution in [0.5, 0.6) is 11.5 Å². The van der Waals surface area contributed by atoms with E-state index >= 15 is 0 Å². The van der Waals surface area contributed by atoms with Crippen molar-refractivity contribution in [3.8, 4) is 11.5 Å². The number of hydrogen-bond donors (Lipinski definition) is 0. The molecule has 27 heavy (non-hydrogen) atoms. The maximum atomic E-state index is 13.0. The van der Waals surface area contributed by atoms with Gasteiger partial charge in [0.05, 0.1) is 14.2 Å². The first-order valence-electron chi connectivity index (χ1n) is 9.51. The Morgan fingerprint density at radius 2 is 1.70 bits per heavy atom. The lowest BCUT2D eigenvalue weighted by Gasteiger charge is -2.33. The van der Waals surface area contributed by atoms with Crippen molar-refractivity contribution in [2.75, 3.05) is 33.9 Å². The SMILES string of the molecule is COc1cc(OC)cc(C(=O)N2CC[C@@H](N3CCc4ccccc4C3)C2)c1. The third-order valence-electron chi connectivity index (χ3n) is 5.73. The monoisotopic (exact) mass is 366 g/mol. The van der Waals surface area contributed by atoms with Crippen LogP contribution in [0.4, 0.5) is 0 Å². The van der Waals surface area contributed by atoms with Gasteiger partial charge in [-0.15, -0.1) is 0 Å². The molecule has 0 aromatic heterocycles. The van der Waals surface area contributed by atoms with E-state index in [4.69, 9.17) is 9.47 Å². The zero-order valence-corrected chi connectivity index (χ0v) is 16.0. The highest BCUT2D eigenvalue weighted by Gasteiger charge is 2.32.